The van der Waals surface area contributed by atoms with Crippen LogP contribution in [0.25, 0.3) is 21.9 Å². The number of aryl methyl sites for hydroxylation is 1. The van der Waals surface area contributed by atoms with Crippen LogP contribution in [0.1, 0.15) is 32.6 Å². The lowest BCUT2D eigenvalue weighted by Crippen LogP contribution is -1.97. The van der Waals surface area contributed by atoms with E-state index in [1.165, 1.54) is 36.6 Å². The monoisotopic (exact) mass is 293 g/mol. The molecule has 2 aromatic carbocycles. The molecule has 0 spiro atoms. The summed E-state index contributed by atoms with van der Waals surface area (Å²) >= 11 is 0. The van der Waals surface area contributed by atoms with Crippen LogP contribution in [-0.4, -0.2) is 9.78 Å². The number of nitrogens with two attached hydrogens (primary N) is 1. The van der Waals surface area contributed by atoms with E-state index in [1.54, 1.807) is 0 Å². The first-order valence-electron chi connectivity index (χ1n) is 8.09. The Hall–Kier alpha value is -2.29. The fraction of sp³-hybridized carbons (Fsp3) is 0.316. The fourth-order valence-corrected chi connectivity index (χ4v) is 2.91. The number of unbranched alkanes of at least 4 members (excludes halogenated alkanes) is 3. The van der Waals surface area contributed by atoms with Gasteiger partial charge in [0.2, 0.25) is 0 Å². The highest BCUT2D eigenvalue weighted by molar-refractivity contribution is 6.02. The van der Waals surface area contributed by atoms with Gasteiger partial charge in [0.25, 0.3) is 0 Å². The molecule has 3 rings (SSSR count). The Labute approximate surface area is 131 Å². The van der Waals surface area contributed by atoms with Crippen LogP contribution in [0.5, 0.6) is 0 Å². The van der Waals surface area contributed by atoms with Crippen LogP contribution in [0.4, 0.5) is 5.69 Å². The molecule has 22 heavy (non-hydrogen) atoms. The summed E-state index contributed by atoms with van der Waals surface area (Å²) in [5.74, 6) is 0. The lowest BCUT2D eigenvalue weighted by molar-refractivity contribution is 0.541. The molecule has 0 radical (unpaired) electrons. The minimum atomic E-state index is 0.825. The molecule has 3 aromatic rings. The van der Waals surface area contributed by atoms with Crippen molar-refractivity contribution in [3.8, 4) is 11.1 Å². The summed E-state index contributed by atoms with van der Waals surface area (Å²) in [6.45, 7) is 3.23. The Kier molecular flexibility index (Phi) is 4.42. The van der Waals surface area contributed by atoms with Crippen LogP contribution >= 0.6 is 0 Å². The molecule has 0 saturated heterocycles. The molecule has 114 valence electrons. The average molecular weight is 293 g/mol. The predicted octanol–water partition coefficient (Wildman–Crippen LogP) is 4.87. The van der Waals surface area contributed by atoms with Gasteiger partial charge in [-0.15, -0.1) is 0 Å². The number of anilines is 1. The van der Waals surface area contributed by atoms with Gasteiger partial charge >= 0.3 is 0 Å². The Morgan fingerprint density at radius 3 is 2.68 bits per heavy atom. The zero-order valence-electron chi connectivity index (χ0n) is 13.1. The SMILES string of the molecule is CCCCCCn1cc(-c2cccc3c(N)cccc23)cn1. The fourth-order valence-electron chi connectivity index (χ4n) is 2.91. The molecule has 1 heterocycles. The van der Waals surface area contributed by atoms with Gasteiger partial charge in [0.15, 0.2) is 0 Å². The van der Waals surface area contributed by atoms with Crippen molar-refractivity contribution in [2.75, 3.05) is 5.73 Å². The highest BCUT2D eigenvalue weighted by Gasteiger charge is 2.07. The molecule has 2 N–H and O–H groups in total. The van der Waals surface area contributed by atoms with Crippen LogP contribution in [0, 0.1) is 0 Å². The van der Waals surface area contributed by atoms with Crippen molar-refractivity contribution in [2.24, 2.45) is 0 Å². The van der Waals surface area contributed by atoms with Gasteiger partial charge in [-0.05, 0) is 23.4 Å². The number of nitrogen functional groups attached to an aromatic ring is 1. The molecule has 0 aliphatic carbocycles. The number of rotatable bonds is 6. The first kappa shape index (κ1) is 14.6. The summed E-state index contributed by atoms with van der Waals surface area (Å²) in [5.41, 5.74) is 9.26. The van der Waals surface area contributed by atoms with Crippen molar-refractivity contribution >= 4 is 16.5 Å². The molecule has 0 unspecified atom stereocenters. The molecule has 0 saturated carbocycles. The third-order valence-electron chi connectivity index (χ3n) is 4.14. The molecule has 0 atom stereocenters. The number of hydrogen-bond acceptors (Lipinski definition) is 2. The summed E-state index contributed by atoms with van der Waals surface area (Å²) < 4.78 is 2.05. The lowest BCUT2D eigenvalue weighted by atomic mass is 10.00. The third-order valence-corrected chi connectivity index (χ3v) is 4.14. The van der Waals surface area contributed by atoms with Crippen LogP contribution in [0.2, 0.25) is 0 Å². The topological polar surface area (TPSA) is 43.8 Å². The second kappa shape index (κ2) is 6.65. The molecule has 0 aliphatic rings. The zero-order chi connectivity index (χ0) is 15.4. The Balaban J connectivity index is 1.86. The molecular formula is C19H23N3. The van der Waals surface area contributed by atoms with Gasteiger partial charge < -0.3 is 5.73 Å². The quantitative estimate of drug-likeness (QED) is 0.520. The summed E-state index contributed by atoms with van der Waals surface area (Å²) in [5, 5.41) is 6.80. The Morgan fingerprint density at radius 2 is 1.82 bits per heavy atom. The van der Waals surface area contributed by atoms with Crippen molar-refractivity contribution in [1.82, 2.24) is 9.78 Å². The minimum Gasteiger partial charge on any atom is -0.398 e. The Morgan fingerprint density at radius 1 is 1.00 bits per heavy atom. The van der Waals surface area contributed by atoms with Crippen LogP contribution in [0.3, 0.4) is 0 Å². The van der Waals surface area contributed by atoms with E-state index in [2.05, 4.69) is 47.2 Å². The van der Waals surface area contributed by atoms with Crippen molar-refractivity contribution in [3.63, 3.8) is 0 Å². The Bertz CT molecular complexity index is 758. The third kappa shape index (κ3) is 2.98. The first-order chi connectivity index (χ1) is 10.8. The molecule has 1 aromatic heterocycles. The highest BCUT2D eigenvalue weighted by Crippen LogP contribution is 2.31. The maximum absolute atomic E-state index is 6.08. The minimum absolute atomic E-state index is 0.825. The van der Waals surface area contributed by atoms with Crippen molar-refractivity contribution < 1.29 is 0 Å². The number of nitrogens with zero attached hydrogens (tertiary/aromatic N) is 2. The summed E-state index contributed by atoms with van der Waals surface area (Å²) in [6, 6.07) is 12.4. The van der Waals surface area contributed by atoms with E-state index in [0.717, 1.165) is 23.2 Å². The van der Waals surface area contributed by atoms with Gasteiger partial charge in [-0.25, -0.2) is 0 Å². The van der Waals surface area contributed by atoms with Gasteiger partial charge in [-0.1, -0.05) is 56.5 Å². The van der Waals surface area contributed by atoms with Crippen LogP contribution in [-0.2, 0) is 6.54 Å². The first-order valence-corrected chi connectivity index (χ1v) is 8.09. The molecule has 0 bridgehead atoms. The van der Waals surface area contributed by atoms with Gasteiger partial charge in [-0.3, -0.25) is 4.68 Å². The van der Waals surface area contributed by atoms with Gasteiger partial charge in [-0.2, -0.15) is 5.10 Å². The van der Waals surface area contributed by atoms with Crippen molar-refractivity contribution in [1.29, 1.82) is 0 Å². The van der Waals surface area contributed by atoms with E-state index in [0.29, 0.717) is 0 Å². The van der Waals surface area contributed by atoms with Crippen molar-refractivity contribution in [3.05, 3.63) is 48.8 Å². The second-order valence-corrected chi connectivity index (χ2v) is 5.80. The molecular weight excluding hydrogens is 270 g/mol. The van der Waals surface area contributed by atoms with Gasteiger partial charge in [0.05, 0.1) is 6.20 Å². The number of fused-ring (bicyclic) bond motifs is 1. The number of aromatic nitrogens is 2. The van der Waals surface area contributed by atoms with E-state index in [-0.39, 0.29) is 0 Å². The van der Waals surface area contributed by atoms with E-state index < -0.39 is 0 Å². The normalized spacial score (nSPS) is 11.1. The summed E-state index contributed by atoms with van der Waals surface area (Å²) in [7, 11) is 0. The average Bonchev–Trinajstić information content (AvgIpc) is 3.00. The predicted molar refractivity (Wildman–Crippen MR) is 93.7 cm³/mol. The zero-order valence-corrected chi connectivity index (χ0v) is 13.1. The summed E-state index contributed by atoms with van der Waals surface area (Å²) in [4.78, 5) is 0. The van der Waals surface area contributed by atoms with E-state index in [9.17, 15) is 0 Å². The van der Waals surface area contributed by atoms with Crippen molar-refractivity contribution in [2.45, 2.75) is 39.2 Å². The molecule has 3 heteroatoms. The van der Waals surface area contributed by atoms with E-state index in [4.69, 9.17) is 5.73 Å². The maximum Gasteiger partial charge on any atom is 0.0568 e. The number of benzene rings is 2. The van der Waals surface area contributed by atoms with Crippen LogP contribution < -0.4 is 5.73 Å². The highest BCUT2D eigenvalue weighted by atomic mass is 15.3. The largest absolute Gasteiger partial charge is 0.398 e. The summed E-state index contributed by atoms with van der Waals surface area (Å²) in [6.07, 6.45) is 9.13. The molecule has 3 nitrogen and oxygen atoms in total. The molecule has 0 fully saturated rings. The van der Waals surface area contributed by atoms with Gasteiger partial charge in [0, 0.05) is 29.4 Å². The second-order valence-electron chi connectivity index (χ2n) is 5.80. The smallest absolute Gasteiger partial charge is 0.0568 e. The van der Waals surface area contributed by atoms with E-state index in [1.807, 2.05) is 18.3 Å². The van der Waals surface area contributed by atoms with Crippen LogP contribution in [0.15, 0.2) is 48.8 Å². The van der Waals surface area contributed by atoms with E-state index >= 15 is 0 Å². The number of hydrogen-bond donors (Lipinski definition) is 1. The molecule has 0 amide bonds. The maximum atomic E-state index is 6.08. The standard InChI is InChI=1S/C19H23N3/c1-2-3-4-5-12-22-14-15(13-21-22)16-8-6-10-18-17(16)9-7-11-19(18)20/h6-11,13-14H,2-5,12,20H2,1H3. The van der Waals surface area contributed by atoms with Gasteiger partial charge in [0.1, 0.15) is 0 Å². The molecule has 0 aliphatic heterocycles. The lowest BCUT2D eigenvalue weighted by Gasteiger charge is -2.06.